The van der Waals surface area contributed by atoms with Gasteiger partial charge >= 0.3 is 18.1 Å². The molecule has 16 heteroatoms. The first kappa shape index (κ1) is 34.0. The number of piperazine rings is 1. The van der Waals surface area contributed by atoms with Crippen molar-refractivity contribution < 1.29 is 52.9 Å². The lowest BCUT2D eigenvalue weighted by Gasteiger charge is -2.38. The fourth-order valence-corrected chi connectivity index (χ4v) is 5.01. The average molecular weight is 646 g/mol. The molecule has 0 unspecified atom stereocenters. The Kier molecular flexibility index (Phi) is 11.4. The van der Waals surface area contributed by atoms with Crippen molar-refractivity contribution in [2.75, 3.05) is 46.5 Å². The molecule has 1 aromatic heterocycles. The van der Waals surface area contributed by atoms with Crippen LogP contribution in [0.25, 0.3) is 5.69 Å². The number of carbonyl (C=O) groups excluding carboxylic acids is 4. The summed E-state index contributed by atoms with van der Waals surface area (Å²) in [5.74, 6) is -2.29. The molecule has 1 aromatic carbocycles. The molecule has 2 N–H and O–H groups in total. The number of carboxylic acids is 1. The standard InChI is InChI=1S/C30H39N5O11/c1-4-43-28(40)30(12-7-13-30)45-24-19-23(32-35(24)20-8-6-9-21(18-20)42-3)26(38)31-22(10-11-25(36)37)27(39)33-14-16-34(17-15-33)46-29(41)44-5-2/h6,8-9,18-19,22H,4-5,7,10-17H2,1-3H3,(H,31,38)(H,36,37)/t22-/m0/s1. The highest BCUT2D eigenvalue weighted by Gasteiger charge is 2.49. The third kappa shape index (κ3) is 8.24. The van der Waals surface area contributed by atoms with Gasteiger partial charge in [0.25, 0.3) is 5.91 Å². The number of carbonyl (C=O) groups is 5. The monoisotopic (exact) mass is 645 g/mol. The van der Waals surface area contributed by atoms with Crippen molar-refractivity contribution in [3.05, 3.63) is 36.0 Å². The third-order valence-electron chi connectivity index (χ3n) is 7.58. The van der Waals surface area contributed by atoms with Crippen LogP contribution in [0.4, 0.5) is 4.79 Å². The quantitative estimate of drug-likeness (QED) is 0.284. The second-order valence-electron chi connectivity index (χ2n) is 10.6. The van der Waals surface area contributed by atoms with E-state index in [-0.39, 0.29) is 63.8 Å². The van der Waals surface area contributed by atoms with E-state index in [1.54, 1.807) is 38.1 Å². The molecule has 1 atom stereocenters. The normalized spacial score (nSPS) is 16.4. The third-order valence-corrected chi connectivity index (χ3v) is 7.58. The molecule has 2 fully saturated rings. The number of nitrogens with one attached hydrogen (secondary N) is 1. The highest BCUT2D eigenvalue weighted by Crippen LogP contribution is 2.39. The molecule has 1 saturated carbocycles. The Bertz CT molecular complexity index is 1420. The van der Waals surface area contributed by atoms with Crippen molar-refractivity contribution >= 4 is 29.9 Å². The zero-order valence-electron chi connectivity index (χ0n) is 26.1. The highest BCUT2D eigenvalue weighted by molar-refractivity contribution is 5.96. The molecule has 1 aliphatic heterocycles. The number of esters is 1. The number of amides is 2. The molecule has 2 amide bonds. The van der Waals surface area contributed by atoms with Crippen LogP contribution in [-0.2, 0) is 28.7 Å². The van der Waals surface area contributed by atoms with Gasteiger partial charge in [0.15, 0.2) is 5.69 Å². The van der Waals surface area contributed by atoms with Crippen LogP contribution >= 0.6 is 0 Å². The summed E-state index contributed by atoms with van der Waals surface area (Å²) in [5, 5.41) is 17.8. The van der Waals surface area contributed by atoms with Crippen LogP contribution in [0.15, 0.2) is 30.3 Å². The number of benzene rings is 1. The van der Waals surface area contributed by atoms with Crippen molar-refractivity contribution in [1.82, 2.24) is 25.1 Å². The topological polar surface area (TPSA) is 188 Å². The van der Waals surface area contributed by atoms with Crippen molar-refractivity contribution in [3.8, 4) is 17.3 Å². The molecule has 0 spiro atoms. The summed E-state index contributed by atoms with van der Waals surface area (Å²) in [6, 6.07) is 7.01. The number of rotatable bonds is 14. The van der Waals surface area contributed by atoms with Gasteiger partial charge in [-0.05, 0) is 51.7 Å². The highest BCUT2D eigenvalue weighted by atomic mass is 16.8. The van der Waals surface area contributed by atoms with Gasteiger partial charge in [-0.1, -0.05) is 6.07 Å². The van der Waals surface area contributed by atoms with Crippen molar-refractivity contribution in [2.45, 2.75) is 57.6 Å². The number of carboxylic acid groups (broad SMARTS) is 1. The van der Waals surface area contributed by atoms with Gasteiger partial charge in [0.05, 0.1) is 39.1 Å². The van der Waals surface area contributed by atoms with Crippen molar-refractivity contribution in [2.24, 2.45) is 0 Å². The molecule has 2 heterocycles. The molecule has 0 bridgehead atoms. The van der Waals surface area contributed by atoms with E-state index in [1.807, 2.05) is 0 Å². The number of hydroxylamine groups is 2. The van der Waals surface area contributed by atoms with E-state index < -0.39 is 41.6 Å². The maximum Gasteiger partial charge on any atom is 0.527 e. The first-order valence-electron chi connectivity index (χ1n) is 15.1. The minimum atomic E-state index is -1.24. The number of ether oxygens (including phenoxy) is 4. The van der Waals surface area contributed by atoms with Crippen LogP contribution < -0.4 is 14.8 Å². The SMILES string of the molecule is CCOC(=O)ON1CCN(C(=O)[C@H](CCC(=O)O)NC(=O)c2cc(OC3(C(=O)OCC)CCC3)n(-c3cccc(OC)c3)n2)CC1. The summed E-state index contributed by atoms with van der Waals surface area (Å²) in [6.07, 6.45) is 0.177. The zero-order valence-corrected chi connectivity index (χ0v) is 26.1. The van der Waals surface area contributed by atoms with E-state index >= 15 is 0 Å². The number of aliphatic carboxylic acids is 1. The van der Waals surface area contributed by atoms with E-state index in [9.17, 15) is 29.1 Å². The van der Waals surface area contributed by atoms with Gasteiger partial charge in [-0.3, -0.25) is 14.4 Å². The Morgan fingerprint density at radius 2 is 1.74 bits per heavy atom. The molecule has 2 aliphatic rings. The van der Waals surface area contributed by atoms with Crippen molar-refractivity contribution in [1.29, 1.82) is 0 Å². The van der Waals surface area contributed by atoms with Crippen LogP contribution in [0.3, 0.4) is 0 Å². The van der Waals surface area contributed by atoms with Gasteiger partial charge in [-0.25, -0.2) is 14.3 Å². The van der Waals surface area contributed by atoms with Crippen LogP contribution in [0.2, 0.25) is 0 Å². The Morgan fingerprint density at radius 3 is 2.35 bits per heavy atom. The van der Waals surface area contributed by atoms with Crippen LogP contribution in [0.1, 0.15) is 56.4 Å². The molecule has 46 heavy (non-hydrogen) atoms. The second-order valence-corrected chi connectivity index (χ2v) is 10.6. The summed E-state index contributed by atoms with van der Waals surface area (Å²) in [7, 11) is 1.50. The largest absolute Gasteiger partial charge is 0.527 e. The van der Waals surface area contributed by atoms with Crippen LogP contribution in [-0.4, -0.2) is 113 Å². The Hall–Kier alpha value is -4.86. The molecule has 0 radical (unpaired) electrons. The maximum absolute atomic E-state index is 13.6. The van der Waals surface area contributed by atoms with Gasteiger partial charge < -0.3 is 39.1 Å². The number of aromatic nitrogens is 2. The predicted molar refractivity (Wildman–Crippen MR) is 158 cm³/mol. The second kappa shape index (κ2) is 15.4. The van der Waals surface area contributed by atoms with Gasteiger partial charge in [-0.15, -0.1) is 5.06 Å². The molecule has 1 aliphatic carbocycles. The van der Waals surface area contributed by atoms with Crippen LogP contribution in [0, 0.1) is 0 Å². The maximum atomic E-state index is 13.6. The smallest absolute Gasteiger partial charge is 0.497 e. The summed E-state index contributed by atoms with van der Waals surface area (Å²) in [4.78, 5) is 69.5. The lowest BCUT2D eigenvalue weighted by Crippen LogP contribution is -2.55. The van der Waals surface area contributed by atoms with E-state index in [2.05, 4.69) is 10.4 Å². The predicted octanol–water partition coefficient (Wildman–Crippen LogP) is 1.94. The van der Waals surface area contributed by atoms with Gasteiger partial charge in [0.1, 0.15) is 11.8 Å². The molecule has 4 rings (SSSR count). The molecular formula is C30H39N5O11. The molecule has 16 nitrogen and oxygen atoms in total. The Balaban J connectivity index is 1.55. The lowest BCUT2D eigenvalue weighted by molar-refractivity contribution is -0.170. The zero-order chi connectivity index (χ0) is 33.3. The number of methoxy groups -OCH3 is 1. The van der Waals surface area contributed by atoms with E-state index in [1.165, 1.54) is 27.8 Å². The number of nitrogens with zero attached hydrogens (tertiary/aromatic N) is 4. The summed E-state index contributed by atoms with van der Waals surface area (Å²) >= 11 is 0. The van der Waals surface area contributed by atoms with E-state index in [0.717, 1.165) is 6.42 Å². The number of hydrogen-bond donors (Lipinski definition) is 2. The molecular weight excluding hydrogens is 606 g/mol. The summed E-state index contributed by atoms with van der Waals surface area (Å²) in [6.45, 7) is 4.38. The van der Waals surface area contributed by atoms with Gasteiger partial charge in [0.2, 0.25) is 17.4 Å². The fraction of sp³-hybridized carbons (Fsp3) is 0.533. The first-order chi connectivity index (χ1) is 22.1. The van der Waals surface area contributed by atoms with E-state index in [0.29, 0.717) is 24.3 Å². The molecule has 250 valence electrons. The first-order valence-corrected chi connectivity index (χ1v) is 15.1. The van der Waals surface area contributed by atoms with Gasteiger partial charge in [-0.2, -0.15) is 5.10 Å². The fourth-order valence-electron chi connectivity index (χ4n) is 5.01. The average Bonchev–Trinajstić information content (AvgIpc) is 3.45. The van der Waals surface area contributed by atoms with Gasteiger partial charge in [0, 0.05) is 31.6 Å². The lowest BCUT2D eigenvalue weighted by atomic mass is 9.80. The number of hydrogen-bond acceptors (Lipinski definition) is 12. The minimum Gasteiger partial charge on any atom is -0.497 e. The summed E-state index contributed by atoms with van der Waals surface area (Å²) < 4.78 is 22.9. The van der Waals surface area contributed by atoms with E-state index in [4.69, 9.17) is 23.8 Å². The van der Waals surface area contributed by atoms with Crippen LogP contribution in [0.5, 0.6) is 11.6 Å². The molecule has 1 saturated heterocycles. The minimum absolute atomic E-state index is 0.0947. The summed E-state index contributed by atoms with van der Waals surface area (Å²) in [5.41, 5.74) is -0.885. The van der Waals surface area contributed by atoms with Crippen molar-refractivity contribution in [3.63, 3.8) is 0 Å². The molecule has 2 aromatic rings. The Labute approximate surface area is 265 Å². The Morgan fingerprint density at radius 1 is 1.02 bits per heavy atom.